The fourth-order valence-corrected chi connectivity index (χ4v) is 3.58. The third-order valence-electron chi connectivity index (χ3n) is 4.45. The SMILES string of the molecule is CCCOC(=O)c1ccc(N2C[C@H](C(=O)OCC(=O)c3cccs3)CC2=O)cc1. The molecule has 0 bridgehead atoms. The van der Waals surface area contributed by atoms with Gasteiger partial charge in [0.2, 0.25) is 11.7 Å². The Morgan fingerprint density at radius 3 is 2.55 bits per heavy atom. The Bertz CT molecular complexity index is 890. The summed E-state index contributed by atoms with van der Waals surface area (Å²) in [6.07, 6.45) is 0.759. The number of benzene rings is 1. The minimum absolute atomic E-state index is 0.0202. The van der Waals surface area contributed by atoms with Crippen molar-refractivity contribution in [3.63, 3.8) is 0 Å². The van der Waals surface area contributed by atoms with Crippen LogP contribution in [-0.2, 0) is 19.1 Å². The highest BCUT2D eigenvalue weighted by Gasteiger charge is 2.36. The van der Waals surface area contributed by atoms with Crippen molar-refractivity contribution in [2.75, 3.05) is 24.7 Å². The second kappa shape index (κ2) is 9.47. The van der Waals surface area contributed by atoms with Gasteiger partial charge in [-0.3, -0.25) is 14.4 Å². The van der Waals surface area contributed by atoms with E-state index in [1.807, 2.05) is 6.92 Å². The van der Waals surface area contributed by atoms with Gasteiger partial charge in [0.15, 0.2) is 6.61 Å². The molecule has 0 radical (unpaired) electrons. The second-order valence-electron chi connectivity index (χ2n) is 6.60. The normalized spacial score (nSPS) is 16.0. The summed E-state index contributed by atoms with van der Waals surface area (Å²) in [5, 5.41) is 1.78. The number of amides is 1. The molecule has 1 aliphatic rings. The highest BCUT2D eigenvalue weighted by Crippen LogP contribution is 2.26. The van der Waals surface area contributed by atoms with Crippen LogP contribution >= 0.6 is 11.3 Å². The number of hydrogen-bond acceptors (Lipinski definition) is 7. The van der Waals surface area contributed by atoms with Gasteiger partial charge in [-0.05, 0) is 42.1 Å². The number of thiophene rings is 1. The van der Waals surface area contributed by atoms with Crippen molar-refractivity contribution >= 4 is 40.7 Å². The minimum atomic E-state index is -0.632. The number of rotatable bonds is 8. The van der Waals surface area contributed by atoms with Gasteiger partial charge in [0.1, 0.15) is 0 Å². The molecule has 29 heavy (non-hydrogen) atoms. The maximum absolute atomic E-state index is 12.3. The van der Waals surface area contributed by atoms with Crippen molar-refractivity contribution in [2.45, 2.75) is 19.8 Å². The lowest BCUT2D eigenvalue weighted by Gasteiger charge is -2.17. The van der Waals surface area contributed by atoms with Gasteiger partial charge in [-0.2, -0.15) is 0 Å². The van der Waals surface area contributed by atoms with Crippen LogP contribution in [0.4, 0.5) is 5.69 Å². The zero-order valence-corrected chi connectivity index (χ0v) is 16.8. The summed E-state index contributed by atoms with van der Waals surface area (Å²) in [6.45, 7) is 2.10. The van der Waals surface area contributed by atoms with Crippen LogP contribution in [-0.4, -0.2) is 43.4 Å². The van der Waals surface area contributed by atoms with Crippen LogP contribution in [0, 0.1) is 5.92 Å². The van der Waals surface area contributed by atoms with Crippen molar-refractivity contribution in [3.05, 3.63) is 52.2 Å². The first kappa shape index (κ1) is 20.7. The molecular weight excluding hydrogens is 394 g/mol. The van der Waals surface area contributed by atoms with E-state index in [9.17, 15) is 19.2 Å². The van der Waals surface area contributed by atoms with Crippen molar-refractivity contribution in [2.24, 2.45) is 5.92 Å². The van der Waals surface area contributed by atoms with Gasteiger partial charge >= 0.3 is 11.9 Å². The summed E-state index contributed by atoms with van der Waals surface area (Å²) >= 11 is 1.28. The van der Waals surface area contributed by atoms with E-state index in [-0.39, 0.29) is 31.3 Å². The van der Waals surface area contributed by atoms with Gasteiger partial charge in [0.05, 0.1) is 23.0 Å². The van der Waals surface area contributed by atoms with E-state index < -0.39 is 17.9 Å². The highest BCUT2D eigenvalue weighted by atomic mass is 32.1. The van der Waals surface area contributed by atoms with Crippen LogP contribution in [0.1, 0.15) is 39.8 Å². The lowest BCUT2D eigenvalue weighted by atomic mass is 10.1. The number of hydrogen-bond donors (Lipinski definition) is 0. The summed E-state index contributed by atoms with van der Waals surface area (Å²) in [7, 11) is 0. The fraction of sp³-hybridized carbons (Fsp3) is 0.333. The van der Waals surface area contributed by atoms with Gasteiger partial charge in [-0.1, -0.05) is 13.0 Å². The Morgan fingerprint density at radius 1 is 1.14 bits per heavy atom. The van der Waals surface area contributed by atoms with Crippen LogP contribution in [0.3, 0.4) is 0 Å². The quantitative estimate of drug-likeness (QED) is 0.486. The fourth-order valence-electron chi connectivity index (χ4n) is 2.93. The number of carbonyl (C=O) groups is 4. The zero-order chi connectivity index (χ0) is 20.8. The number of Topliss-reactive ketones (excluding diaryl/α,β-unsaturated/α-hetero) is 1. The standard InChI is InChI=1S/C21H21NO6S/c1-2-9-27-20(25)14-5-7-16(8-6-14)22-12-15(11-19(22)24)21(26)28-13-17(23)18-4-3-10-29-18/h3-8,10,15H,2,9,11-13H2,1H3/t15-/m1/s1. The van der Waals surface area contributed by atoms with Gasteiger partial charge in [-0.25, -0.2) is 4.79 Å². The molecule has 1 amide bonds. The molecule has 1 aromatic carbocycles. The third-order valence-corrected chi connectivity index (χ3v) is 5.36. The van der Waals surface area contributed by atoms with E-state index in [1.54, 1.807) is 41.8 Å². The average Bonchev–Trinajstić information content (AvgIpc) is 3.40. The molecule has 1 aromatic heterocycles. The monoisotopic (exact) mass is 415 g/mol. The molecule has 1 fully saturated rings. The Hall–Kier alpha value is -3.00. The number of nitrogens with zero attached hydrogens (tertiary/aromatic N) is 1. The van der Waals surface area contributed by atoms with Crippen molar-refractivity contribution in [1.82, 2.24) is 0 Å². The molecule has 8 heteroatoms. The summed E-state index contributed by atoms with van der Waals surface area (Å²) < 4.78 is 10.2. The van der Waals surface area contributed by atoms with Crippen LogP contribution < -0.4 is 4.90 Å². The molecule has 3 rings (SSSR count). The van der Waals surface area contributed by atoms with E-state index >= 15 is 0 Å². The molecule has 2 aromatic rings. The zero-order valence-electron chi connectivity index (χ0n) is 16.0. The van der Waals surface area contributed by atoms with Crippen LogP contribution in [0.5, 0.6) is 0 Å². The van der Waals surface area contributed by atoms with Crippen molar-refractivity contribution < 1.29 is 28.7 Å². The molecule has 0 aliphatic carbocycles. The Morgan fingerprint density at radius 2 is 1.90 bits per heavy atom. The molecule has 0 N–H and O–H groups in total. The lowest BCUT2D eigenvalue weighted by Crippen LogP contribution is -2.27. The maximum atomic E-state index is 12.3. The van der Waals surface area contributed by atoms with Gasteiger partial charge in [0, 0.05) is 18.7 Å². The molecule has 1 aliphatic heterocycles. The van der Waals surface area contributed by atoms with E-state index in [4.69, 9.17) is 9.47 Å². The second-order valence-corrected chi connectivity index (χ2v) is 7.54. The summed E-state index contributed by atoms with van der Waals surface area (Å²) in [5.74, 6) is -2.08. The van der Waals surface area contributed by atoms with Gasteiger partial charge in [-0.15, -0.1) is 11.3 Å². The van der Waals surface area contributed by atoms with Crippen molar-refractivity contribution in [3.8, 4) is 0 Å². The van der Waals surface area contributed by atoms with Crippen LogP contribution in [0.15, 0.2) is 41.8 Å². The average molecular weight is 415 g/mol. The van der Waals surface area contributed by atoms with E-state index in [1.165, 1.54) is 16.2 Å². The Kier molecular flexibility index (Phi) is 6.77. The van der Waals surface area contributed by atoms with Crippen LogP contribution in [0.25, 0.3) is 0 Å². The molecule has 2 heterocycles. The first-order chi connectivity index (χ1) is 14.0. The molecule has 0 unspecified atom stereocenters. The van der Waals surface area contributed by atoms with Crippen LogP contribution in [0.2, 0.25) is 0 Å². The summed E-state index contributed by atoms with van der Waals surface area (Å²) in [5.41, 5.74) is 0.990. The first-order valence-electron chi connectivity index (χ1n) is 9.30. The number of ether oxygens (including phenoxy) is 2. The topological polar surface area (TPSA) is 90.0 Å². The molecule has 0 spiro atoms. The lowest BCUT2D eigenvalue weighted by molar-refractivity contribution is -0.147. The molecular formula is C21H21NO6S. The molecule has 1 atom stereocenters. The van der Waals surface area contributed by atoms with E-state index in [0.29, 0.717) is 22.7 Å². The predicted octanol–water partition coefficient (Wildman–Crippen LogP) is 3.09. The first-order valence-corrected chi connectivity index (χ1v) is 10.2. The highest BCUT2D eigenvalue weighted by molar-refractivity contribution is 7.12. The Balaban J connectivity index is 1.56. The van der Waals surface area contributed by atoms with E-state index in [2.05, 4.69) is 0 Å². The number of anilines is 1. The largest absolute Gasteiger partial charge is 0.462 e. The number of esters is 2. The summed E-state index contributed by atoms with van der Waals surface area (Å²) in [4.78, 5) is 50.4. The Labute approximate surface area is 172 Å². The maximum Gasteiger partial charge on any atom is 0.338 e. The number of carbonyl (C=O) groups excluding carboxylic acids is 4. The molecule has 7 nitrogen and oxygen atoms in total. The molecule has 0 saturated carbocycles. The van der Waals surface area contributed by atoms with E-state index in [0.717, 1.165) is 6.42 Å². The number of ketones is 1. The summed E-state index contributed by atoms with van der Waals surface area (Å²) in [6, 6.07) is 9.90. The molecule has 152 valence electrons. The minimum Gasteiger partial charge on any atom is -0.462 e. The third kappa shape index (κ3) is 5.08. The van der Waals surface area contributed by atoms with Crippen molar-refractivity contribution in [1.29, 1.82) is 0 Å². The smallest absolute Gasteiger partial charge is 0.338 e. The predicted molar refractivity (Wildman–Crippen MR) is 107 cm³/mol. The van der Waals surface area contributed by atoms with Gasteiger partial charge < -0.3 is 14.4 Å². The molecule has 1 saturated heterocycles. The van der Waals surface area contributed by atoms with Gasteiger partial charge in [0.25, 0.3) is 0 Å².